The Morgan fingerprint density at radius 2 is 2.05 bits per heavy atom. The molecule has 2 rings (SSSR count). The highest BCUT2D eigenvalue weighted by Crippen LogP contribution is 2.26. The van der Waals surface area contributed by atoms with Crippen molar-refractivity contribution in [2.75, 3.05) is 25.5 Å². The summed E-state index contributed by atoms with van der Waals surface area (Å²) in [5.41, 5.74) is 3.59. The van der Waals surface area contributed by atoms with Crippen LogP contribution in [-0.4, -0.2) is 35.3 Å². The van der Waals surface area contributed by atoms with Gasteiger partial charge in [0.05, 0.1) is 20.4 Å². The van der Waals surface area contributed by atoms with E-state index in [0.29, 0.717) is 29.7 Å². The number of hydrazone groups is 1. The minimum Gasteiger partial charge on any atom is -0.493 e. The third-order valence-electron chi connectivity index (χ3n) is 2.87. The zero-order chi connectivity index (χ0) is 15.2. The zero-order valence-corrected chi connectivity index (χ0v) is 12.2. The lowest BCUT2D eigenvalue weighted by molar-refractivity contribution is 0.355. The molecule has 112 valence electrons. The van der Waals surface area contributed by atoms with Crippen molar-refractivity contribution in [3.63, 3.8) is 0 Å². The van der Waals surface area contributed by atoms with E-state index < -0.39 is 0 Å². The number of nitrogens with zero attached hydrogens (tertiary/aromatic N) is 4. The number of rotatable bonds is 6. The molecule has 8 heteroatoms. The molecule has 0 saturated heterocycles. The van der Waals surface area contributed by atoms with Crippen LogP contribution in [-0.2, 0) is 6.42 Å². The van der Waals surface area contributed by atoms with E-state index in [1.54, 1.807) is 26.5 Å². The molecular formula is C13H18N6O2. The molecule has 1 heterocycles. The molecule has 0 spiro atoms. The Hall–Kier alpha value is -2.77. The number of nitrogen functional groups attached to an aromatic ring is 1. The summed E-state index contributed by atoms with van der Waals surface area (Å²) in [5.74, 6) is 8.15. The molecule has 1 aromatic heterocycles. The van der Waals surface area contributed by atoms with Gasteiger partial charge >= 0.3 is 0 Å². The SMILES string of the molecule is CCc1nnc(N/N=C\c2ccc(OC)c(OC)c2)n1N. The second-order valence-electron chi connectivity index (χ2n) is 4.15. The number of nitrogens with one attached hydrogen (secondary N) is 1. The number of hydrogen-bond donors (Lipinski definition) is 2. The predicted molar refractivity (Wildman–Crippen MR) is 80.3 cm³/mol. The summed E-state index contributed by atoms with van der Waals surface area (Å²) >= 11 is 0. The number of benzene rings is 1. The van der Waals surface area contributed by atoms with Crippen molar-refractivity contribution < 1.29 is 9.47 Å². The number of aryl methyl sites for hydroxylation is 1. The molecule has 0 saturated carbocycles. The van der Waals surface area contributed by atoms with Gasteiger partial charge in [-0.15, -0.1) is 10.2 Å². The molecule has 21 heavy (non-hydrogen) atoms. The number of anilines is 1. The predicted octanol–water partition coefficient (Wildman–Crippen LogP) is 1.02. The maximum absolute atomic E-state index is 5.80. The number of nitrogens with two attached hydrogens (primary N) is 1. The van der Waals surface area contributed by atoms with Gasteiger partial charge < -0.3 is 15.3 Å². The van der Waals surface area contributed by atoms with Gasteiger partial charge in [0, 0.05) is 6.42 Å². The summed E-state index contributed by atoms with van der Waals surface area (Å²) in [7, 11) is 3.17. The van der Waals surface area contributed by atoms with Gasteiger partial charge in [-0.05, 0) is 23.8 Å². The van der Waals surface area contributed by atoms with Gasteiger partial charge in [0.15, 0.2) is 17.3 Å². The fourth-order valence-corrected chi connectivity index (χ4v) is 1.74. The monoisotopic (exact) mass is 290 g/mol. The molecule has 0 aliphatic carbocycles. The third-order valence-corrected chi connectivity index (χ3v) is 2.87. The van der Waals surface area contributed by atoms with Gasteiger partial charge in [-0.2, -0.15) is 5.10 Å². The van der Waals surface area contributed by atoms with E-state index in [-0.39, 0.29) is 0 Å². The van der Waals surface area contributed by atoms with Crippen LogP contribution < -0.4 is 20.7 Å². The molecule has 8 nitrogen and oxygen atoms in total. The second-order valence-corrected chi connectivity index (χ2v) is 4.15. The average molecular weight is 290 g/mol. The minimum absolute atomic E-state index is 0.378. The highest BCUT2D eigenvalue weighted by Gasteiger charge is 2.06. The van der Waals surface area contributed by atoms with Crippen LogP contribution in [0.25, 0.3) is 0 Å². The molecule has 0 unspecified atom stereocenters. The number of methoxy groups -OCH3 is 2. The molecule has 0 fully saturated rings. The van der Waals surface area contributed by atoms with Gasteiger partial charge in [0.2, 0.25) is 0 Å². The topological polar surface area (TPSA) is 99.6 Å². The first-order valence-electron chi connectivity index (χ1n) is 6.40. The Kier molecular flexibility index (Phi) is 4.60. The smallest absolute Gasteiger partial charge is 0.263 e. The van der Waals surface area contributed by atoms with Crippen molar-refractivity contribution in [3.05, 3.63) is 29.6 Å². The standard InChI is InChI=1S/C13H18N6O2/c1-4-12-16-18-13(19(12)14)17-15-8-9-5-6-10(20-2)11(7-9)21-3/h5-8H,4,14H2,1-3H3,(H,17,18)/b15-8-. The fourth-order valence-electron chi connectivity index (χ4n) is 1.74. The van der Waals surface area contributed by atoms with Crippen LogP contribution in [0.15, 0.2) is 23.3 Å². The van der Waals surface area contributed by atoms with Gasteiger partial charge in [0.1, 0.15) is 0 Å². The summed E-state index contributed by atoms with van der Waals surface area (Å²) < 4.78 is 11.8. The first kappa shape index (κ1) is 14.6. The highest BCUT2D eigenvalue weighted by molar-refractivity contribution is 5.81. The van der Waals surface area contributed by atoms with Crippen molar-refractivity contribution in [2.24, 2.45) is 5.10 Å². The van der Waals surface area contributed by atoms with Crippen molar-refractivity contribution in [3.8, 4) is 11.5 Å². The Labute approximate surface area is 122 Å². The lowest BCUT2D eigenvalue weighted by atomic mass is 10.2. The molecule has 0 aliphatic rings. The van der Waals surface area contributed by atoms with Crippen molar-refractivity contribution in [1.29, 1.82) is 0 Å². The van der Waals surface area contributed by atoms with Gasteiger partial charge in [0.25, 0.3) is 5.95 Å². The van der Waals surface area contributed by atoms with E-state index in [4.69, 9.17) is 15.3 Å². The van der Waals surface area contributed by atoms with E-state index in [0.717, 1.165) is 5.56 Å². The maximum atomic E-state index is 5.80. The van der Waals surface area contributed by atoms with E-state index >= 15 is 0 Å². The van der Waals surface area contributed by atoms with E-state index in [9.17, 15) is 0 Å². The van der Waals surface area contributed by atoms with Crippen LogP contribution in [0.1, 0.15) is 18.3 Å². The maximum Gasteiger partial charge on any atom is 0.263 e. The fraction of sp³-hybridized carbons (Fsp3) is 0.308. The molecule has 0 atom stereocenters. The van der Waals surface area contributed by atoms with Crippen LogP contribution in [0.5, 0.6) is 11.5 Å². The minimum atomic E-state index is 0.378. The van der Waals surface area contributed by atoms with E-state index in [1.807, 2.05) is 19.1 Å². The first-order chi connectivity index (χ1) is 10.2. The van der Waals surface area contributed by atoms with Crippen LogP contribution in [0.2, 0.25) is 0 Å². The van der Waals surface area contributed by atoms with Gasteiger partial charge in [-0.3, -0.25) is 0 Å². The molecule has 0 radical (unpaired) electrons. The number of aromatic nitrogens is 3. The summed E-state index contributed by atoms with van der Waals surface area (Å²) in [6.45, 7) is 1.95. The average Bonchev–Trinajstić information content (AvgIpc) is 2.87. The summed E-state index contributed by atoms with van der Waals surface area (Å²) in [5, 5.41) is 11.9. The number of hydrogen-bond acceptors (Lipinski definition) is 7. The zero-order valence-electron chi connectivity index (χ0n) is 12.2. The molecule has 3 N–H and O–H groups in total. The normalized spacial score (nSPS) is 10.8. The Bertz CT molecular complexity index is 638. The molecule has 0 aliphatic heterocycles. The molecule has 1 aromatic carbocycles. The number of ether oxygens (including phenoxy) is 2. The molecule has 0 amide bonds. The second kappa shape index (κ2) is 6.60. The highest BCUT2D eigenvalue weighted by atomic mass is 16.5. The molecular weight excluding hydrogens is 272 g/mol. The summed E-state index contributed by atoms with van der Waals surface area (Å²) in [4.78, 5) is 0. The Morgan fingerprint density at radius 3 is 2.67 bits per heavy atom. The van der Waals surface area contributed by atoms with Crippen LogP contribution in [0.4, 0.5) is 5.95 Å². The van der Waals surface area contributed by atoms with Crippen LogP contribution in [0.3, 0.4) is 0 Å². The lowest BCUT2D eigenvalue weighted by Gasteiger charge is -2.07. The summed E-state index contributed by atoms with van der Waals surface area (Å²) in [6.07, 6.45) is 2.33. The Morgan fingerprint density at radius 1 is 1.29 bits per heavy atom. The van der Waals surface area contributed by atoms with Crippen LogP contribution >= 0.6 is 0 Å². The van der Waals surface area contributed by atoms with E-state index in [2.05, 4.69) is 20.7 Å². The largest absolute Gasteiger partial charge is 0.493 e. The third kappa shape index (κ3) is 3.22. The van der Waals surface area contributed by atoms with Gasteiger partial charge in [-0.1, -0.05) is 6.92 Å². The van der Waals surface area contributed by atoms with Crippen molar-refractivity contribution >= 4 is 12.2 Å². The first-order valence-corrected chi connectivity index (χ1v) is 6.40. The van der Waals surface area contributed by atoms with Crippen LogP contribution in [0, 0.1) is 0 Å². The quantitative estimate of drug-likeness (QED) is 0.468. The van der Waals surface area contributed by atoms with Crippen molar-refractivity contribution in [2.45, 2.75) is 13.3 Å². The molecule has 2 aromatic rings. The van der Waals surface area contributed by atoms with Gasteiger partial charge in [-0.25, -0.2) is 10.1 Å². The lowest BCUT2D eigenvalue weighted by Crippen LogP contribution is -2.14. The molecule has 0 bridgehead atoms. The van der Waals surface area contributed by atoms with Crippen molar-refractivity contribution in [1.82, 2.24) is 14.9 Å². The van der Waals surface area contributed by atoms with E-state index in [1.165, 1.54) is 4.68 Å². The Balaban J connectivity index is 2.09. The summed E-state index contributed by atoms with van der Waals surface area (Å²) in [6, 6.07) is 5.48.